The Morgan fingerprint density at radius 2 is 2.15 bits per heavy atom. The third kappa shape index (κ3) is 2.86. The van der Waals surface area contributed by atoms with Gasteiger partial charge in [-0.15, -0.1) is 0 Å². The van der Waals surface area contributed by atoms with Gasteiger partial charge in [0.25, 0.3) is 0 Å². The molecule has 0 aliphatic heterocycles. The molecule has 1 rings (SSSR count). The molecule has 13 heavy (non-hydrogen) atoms. The highest BCUT2D eigenvalue weighted by atomic mass is 14.7. The number of aliphatic imine (C=N–C) groups is 1. The minimum atomic E-state index is 0.954. The first kappa shape index (κ1) is 9.72. The van der Waals surface area contributed by atoms with Gasteiger partial charge in [0.15, 0.2) is 0 Å². The summed E-state index contributed by atoms with van der Waals surface area (Å²) in [5.41, 5.74) is 3.21. The Labute approximate surface area is 79.9 Å². The highest BCUT2D eigenvalue weighted by molar-refractivity contribution is 6.11. The molecular formula is C12H15N. The van der Waals surface area contributed by atoms with Gasteiger partial charge in [0.1, 0.15) is 0 Å². The van der Waals surface area contributed by atoms with Crippen LogP contribution in [0.1, 0.15) is 20.3 Å². The summed E-state index contributed by atoms with van der Waals surface area (Å²) in [5, 5.41) is 0. The highest BCUT2D eigenvalue weighted by Crippen LogP contribution is 2.07. The van der Waals surface area contributed by atoms with Crippen molar-refractivity contribution in [1.82, 2.24) is 0 Å². The fraction of sp³-hybridized carbons (Fsp3) is 0.250. The second kappa shape index (κ2) is 4.61. The molecule has 0 fully saturated rings. The van der Waals surface area contributed by atoms with Crippen LogP contribution in [0.4, 0.5) is 0 Å². The van der Waals surface area contributed by atoms with Crippen LogP contribution in [-0.4, -0.2) is 5.71 Å². The van der Waals surface area contributed by atoms with Crippen LogP contribution in [0.3, 0.4) is 0 Å². The predicted molar refractivity (Wildman–Crippen MR) is 58.9 cm³/mol. The second-order valence-electron chi connectivity index (χ2n) is 3.09. The van der Waals surface area contributed by atoms with Gasteiger partial charge < -0.3 is 0 Å². The molecule has 1 nitrogen and oxygen atoms in total. The van der Waals surface area contributed by atoms with Gasteiger partial charge >= 0.3 is 0 Å². The van der Waals surface area contributed by atoms with E-state index >= 15 is 0 Å². The van der Waals surface area contributed by atoms with Gasteiger partial charge in [0, 0.05) is 6.20 Å². The largest absolute Gasteiger partial charge is 0.256 e. The summed E-state index contributed by atoms with van der Waals surface area (Å²) in [4.78, 5) is 4.35. The van der Waals surface area contributed by atoms with Gasteiger partial charge in [0.2, 0.25) is 0 Å². The first-order chi connectivity index (χ1) is 6.24. The zero-order chi connectivity index (χ0) is 9.68. The van der Waals surface area contributed by atoms with Crippen LogP contribution in [-0.2, 0) is 0 Å². The van der Waals surface area contributed by atoms with Crippen molar-refractivity contribution in [1.29, 1.82) is 0 Å². The van der Waals surface area contributed by atoms with Crippen LogP contribution in [0.25, 0.3) is 0 Å². The summed E-state index contributed by atoms with van der Waals surface area (Å²) >= 11 is 0. The number of hydrogen-bond donors (Lipinski definition) is 0. The minimum absolute atomic E-state index is 0.954. The molecule has 0 bridgehead atoms. The van der Waals surface area contributed by atoms with E-state index in [0.29, 0.717) is 0 Å². The maximum absolute atomic E-state index is 4.35. The minimum Gasteiger partial charge on any atom is -0.256 e. The van der Waals surface area contributed by atoms with E-state index in [1.54, 1.807) is 0 Å². The van der Waals surface area contributed by atoms with Crippen LogP contribution >= 0.6 is 0 Å². The normalized spacial score (nSPS) is 20.0. The molecule has 0 aromatic rings. The summed E-state index contributed by atoms with van der Waals surface area (Å²) in [6.07, 6.45) is 10.8. The molecule has 1 heteroatoms. The molecule has 0 saturated carbocycles. The van der Waals surface area contributed by atoms with Gasteiger partial charge in [-0.3, -0.25) is 4.99 Å². The third-order valence-electron chi connectivity index (χ3n) is 1.97. The van der Waals surface area contributed by atoms with E-state index < -0.39 is 0 Å². The average molecular weight is 173 g/mol. The summed E-state index contributed by atoms with van der Waals surface area (Å²) < 4.78 is 0. The molecule has 0 unspecified atom stereocenters. The smallest absolute Gasteiger partial charge is 0.0695 e. The Morgan fingerprint density at radius 1 is 1.46 bits per heavy atom. The molecule has 0 spiro atoms. The Bertz CT molecular complexity index is 314. The van der Waals surface area contributed by atoms with Crippen molar-refractivity contribution in [2.75, 3.05) is 0 Å². The molecule has 0 aromatic carbocycles. The van der Waals surface area contributed by atoms with E-state index in [2.05, 4.69) is 25.4 Å². The predicted octanol–water partition coefficient (Wildman–Crippen LogP) is 3.42. The molecule has 0 radical (unpaired) electrons. The zero-order valence-corrected chi connectivity index (χ0v) is 8.25. The van der Waals surface area contributed by atoms with Gasteiger partial charge in [-0.05, 0) is 25.0 Å². The summed E-state index contributed by atoms with van der Waals surface area (Å²) in [6, 6.07) is 0. The fourth-order valence-corrected chi connectivity index (χ4v) is 0.908. The molecule has 0 N–H and O–H groups in total. The number of nitrogens with zero attached hydrogens (tertiary/aromatic N) is 1. The topological polar surface area (TPSA) is 12.4 Å². The monoisotopic (exact) mass is 173 g/mol. The molecule has 0 atom stereocenters. The van der Waals surface area contributed by atoms with Crippen molar-refractivity contribution in [3.63, 3.8) is 0 Å². The maximum Gasteiger partial charge on any atom is 0.0695 e. The van der Waals surface area contributed by atoms with E-state index in [1.807, 2.05) is 30.5 Å². The fourth-order valence-electron chi connectivity index (χ4n) is 0.908. The lowest BCUT2D eigenvalue weighted by molar-refractivity contribution is 1.09. The molecule has 0 amide bonds. The van der Waals surface area contributed by atoms with E-state index in [-0.39, 0.29) is 0 Å². The van der Waals surface area contributed by atoms with Crippen LogP contribution in [0.2, 0.25) is 0 Å². The van der Waals surface area contributed by atoms with Crippen molar-refractivity contribution in [3.05, 3.63) is 48.2 Å². The van der Waals surface area contributed by atoms with E-state index in [9.17, 15) is 0 Å². The maximum atomic E-state index is 4.35. The second-order valence-corrected chi connectivity index (χ2v) is 3.09. The molecule has 0 aromatic heterocycles. The number of rotatable bonds is 2. The van der Waals surface area contributed by atoms with E-state index in [1.165, 1.54) is 5.57 Å². The van der Waals surface area contributed by atoms with E-state index in [0.717, 1.165) is 17.7 Å². The quantitative estimate of drug-likeness (QED) is 0.606. The number of allylic oxidation sites excluding steroid dienone is 6. The molecule has 1 aliphatic carbocycles. The van der Waals surface area contributed by atoms with Crippen LogP contribution in [0.15, 0.2) is 53.2 Å². The Kier molecular flexibility index (Phi) is 3.44. The third-order valence-corrected chi connectivity index (χ3v) is 1.97. The molecule has 0 saturated heterocycles. The summed E-state index contributed by atoms with van der Waals surface area (Å²) in [5.74, 6) is 0. The SMILES string of the molecule is C=C1C=CC=C/C1=N/C=C(\C)CC. The highest BCUT2D eigenvalue weighted by Gasteiger charge is 1.98. The van der Waals surface area contributed by atoms with Gasteiger partial charge in [-0.25, -0.2) is 0 Å². The Balaban J connectivity index is 2.77. The zero-order valence-electron chi connectivity index (χ0n) is 8.25. The molecule has 0 heterocycles. The lowest BCUT2D eigenvalue weighted by Gasteiger charge is -2.02. The van der Waals surface area contributed by atoms with Crippen molar-refractivity contribution in [2.45, 2.75) is 20.3 Å². The van der Waals surface area contributed by atoms with Crippen LogP contribution < -0.4 is 0 Å². The molecular weight excluding hydrogens is 158 g/mol. The Morgan fingerprint density at radius 3 is 2.77 bits per heavy atom. The molecule has 68 valence electrons. The summed E-state index contributed by atoms with van der Waals surface area (Å²) in [6.45, 7) is 8.10. The summed E-state index contributed by atoms with van der Waals surface area (Å²) in [7, 11) is 0. The molecule has 1 aliphatic rings. The lowest BCUT2D eigenvalue weighted by Crippen LogP contribution is -1.97. The van der Waals surface area contributed by atoms with Crippen molar-refractivity contribution in [3.8, 4) is 0 Å². The van der Waals surface area contributed by atoms with Gasteiger partial charge in [-0.2, -0.15) is 0 Å². The van der Waals surface area contributed by atoms with E-state index in [4.69, 9.17) is 0 Å². The van der Waals surface area contributed by atoms with Crippen LogP contribution in [0.5, 0.6) is 0 Å². The first-order valence-corrected chi connectivity index (χ1v) is 4.51. The van der Waals surface area contributed by atoms with Crippen molar-refractivity contribution in [2.24, 2.45) is 4.99 Å². The van der Waals surface area contributed by atoms with Gasteiger partial charge in [0.05, 0.1) is 5.71 Å². The first-order valence-electron chi connectivity index (χ1n) is 4.51. The van der Waals surface area contributed by atoms with Crippen molar-refractivity contribution < 1.29 is 0 Å². The van der Waals surface area contributed by atoms with Crippen LogP contribution in [0, 0.1) is 0 Å². The average Bonchev–Trinajstić information content (AvgIpc) is 2.16. The standard InChI is InChI=1S/C12H15N/c1-4-10(2)9-13-12-8-6-5-7-11(12)3/h5-9H,3-4H2,1-2H3/b10-9+,13-12-. The van der Waals surface area contributed by atoms with Crippen molar-refractivity contribution >= 4 is 5.71 Å². The lowest BCUT2D eigenvalue weighted by atomic mass is 10.1. The van der Waals surface area contributed by atoms with Gasteiger partial charge in [-0.1, -0.05) is 37.3 Å². The number of hydrogen-bond acceptors (Lipinski definition) is 1. The Hall–Kier alpha value is -1.37.